The van der Waals surface area contributed by atoms with Gasteiger partial charge in [0.05, 0.1) is 13.2 Å². The van der Waals surface area contributed by atoms with Crippen molar-refractivity contribution in [3.8, 4) is 0 Å². The molecule has 0 amide bonds. The molecule has 0 bridgehead atoms. The number of nitrogens with zero attached hydrogens (tertiary/aromatic N) is 3. The van der Waals surface area contributed by atoms with Gasteiger partial charge < -0.3 is 19.6 Å². The Bertz CT molecular complexity index is 761. The summed E-state index contributed by atoms with van der Waals surface area (Å²) in [7, 11) is 0. The van der Waals surface area contributed by atoms with E-state index in [-0.39, 0.29) is 25.2 Å². The molecule has 9 nitrogen and oxygen atoms in total. The van der Waals surface area contributed by atoms with E-state index < -0.39 is 17.9 Å². The van der Waals surface area contributed by atoms with Gasteiger partial charge in [0, 0.05) is 6.21 Å². The molecule has 0 saturated carbocycles. The first-order valence-electron chi connectivity index (χ1n) is 7.62. The van der Waals surface area contributed by atoms with Crippen LogP contribution in [0.3, 0.4) is 0 Å². The summed E-state index contributed by atoms with van der Waals surface area (Å²) in [5.41, 5.74) is 6.84. The van der Waals surface area contributed by atoms with Crippen molar-refractivity contribution in [2.75, 3.05) is 13.2 Å². The molecule has 132 valence electrons. The molecule has 2 aromatic rings. The second-order valence-electron chi connectivity index (χ2n) is 4.69. The van der Waals surface area contributed by atoms with Crippen LogP contribution in [0.2, 0.25) is 0 Å². The minimum Gasteiger partial charge on any atom is -0.465 e. The number of guanidine groups is 1. The molecule has 2 N–H and O–H groups in total. The first-order chi connectivity index (χ1) is 12.0. The normalized spacial score (nSPS) is 12.0. The average Bonchev–Trinajstić information content (AvgIpc) is 2.97. The Morgan fingerprint density at radius 1 is 1.24 bits per heavy atom. The molecule has 1 aromatic heterocycles. The van der Waals surface area contributed by atoms with Crippen LogP contribution in [0.15, 0.2) is 38.7 Å². The predicted molar refractivity (Wildman–Crippen MR) is 90.5 cm³/mol. The summed E-state index contributed by atoms with van der Waals surface area (Å²) in [4.78, 5) is 35.5. The maximum absolute atomic E-state index is 11.8. The van der Waals surface area contributed by atoms with Crippen LogP contribution in [0, 0.1) is 5.92 Å². The molecule has 0 aliphatic carbocycles. The van der Waals surface area contributed by atoms with Crippen LogP contribution in [0.4, 0.5) is 6.01 Å². The third-order valence-electron chi connectivity index (χ3n) is 2.93. The highest BCUT2D eigenvalue weighted by atomic mass is 16.6. The SMILES string of the molecule is CCOC(=O)C(/C=N/C(N)=N/c1nc2ccccc2o1)C(=O)OCC. The monoisotopic (exact) mass is 346 g/mol. The Labute approximate surface area is 143 Å². The van der Waals surface area contributed by atoms with Gasteiger partial charge in [-0.05, 0) is 26.0 Å². The summed E-state index contributed by atoms with van der Waals surface area (Å²) in [5, 5.41) is 0. The number of aromatic nitrogens is 1. The lowest BCUT2D eigenvalue weighted by Crippen LogP contribution is -2.30. The van der Waals surface area contributed by atoms with Crippen LogP contribution in [-0.4, -0.2) is 42.3 Å². The smallest absolute Gasteiger partial charge is 0.326 e. The van der Waals surface area contributed by atoms with Gasteiger partial charge in [0.1, 0.15) is 5.52 Å². The number of hydrogen-bond donors (Lipinski definition) is 1. The van der Waals surface area contributed by atoms with Gasteiger partial charge >= 0.3 is 18.0 Å². The third-order valence-corrected chi connectivity index (χ3v) is 2.93. The first-order valence-corrected chi connectivity index (χ1v) is 7.62. The molecule has 9 heteroatoms. The largest absolute Gasteiger partial charge is 0.465 e. The molecule has 0 saturated heterocycles. The maximum atomic E-state index is 11.8. The second-order valence-corrected chi connectivity index (χ2v) is 4.69. The fourth-order valence-corrected chi connectivity index (χ4v) is 1.87. The number of carbonyl (C=O) groups is 2. The van der Waals surface area contributed by atoms with Crippen molar-refractivity contribution in [1.82, 2.24) is 4.98 Å². The van der Waals surface area contributed by atoms with Crippen molar-refractivity contribution in [3.63, 3.8) is 0 Å². The number of carbonyl (C=O) groups excluding carboxylic acids is 2. The fraction of sp³-hybridized carbons (Fsp3) is 0.312. The number of hydrogen-bond acceptors (Lipinski definition) is 7. The summed E-state index contributed by atoms with van der Waals surface area (Å²) in [6.07, 6.45) is 1.03. The van der Waals surface area contributed by atoms with Crippen molar-refractivity contribution in [3.05, 3.63) is 24.3 Å². The van der Waals surface area contributed by atoms with Crippen LogP contribution in [0.1, 0.15) is 13.8 Å². The minimum absolute atomic E-state index is 0.0136. The molecule has 0 unspecified atom stereocenters. The van der Waals surface area contributed by atoms with Gasteiger partial charge in [-0.3, -0.25) is 9.59 Å². The number of para-hydroxylation sites is 2. The van der Waals surface area contributed by atoms with Crippen LogP contribution >= 0.6 is 0 Å². The molecule has 2 rings (SSSR count). The van der Waals surface area contributed by atoms with Crippen LogP contribution in [0.25, 0.3) is 11.1 Å². The zero-order valence-electron chi connectivity index (χ0n) is 13.8. The number of benzene rings is 1. The number of fused-ring (bicyclic) bond motifs is 1. The molecular formula is C16H18N4O5. The van der Waals surface area contributed by atoms with E-state index in [0.717, 1.165) is 6.21 Å². The topological polar surface area (TPSA) is 129 Å². The number of rotatable bonds is 6. The zero-order chi connectivity index (χ0) is 18.2. The number of nitrogens with two attached hydrogens (primary N) is 1. The Balaban J connectivity index is 2.17. The Kier molecular flexibility index (Phi) is 6.21. The molecule has 1 heterocycles. The summed E-state index contributed by atoms with van der Waals surface area (Å²) >= 11 is 0. The van der Waals surface area contributed by atoms with Crippen molar-refractivity contribution in [2.45, 2.75) is 13.8 Å². The van der Waals surface area contributed by atoms with Crippen LogP contribution < -0.4 is 5.73 Å². The lowest BCUT2D eigenvalue weighted by Gasteiger charge is -2.09. The van der Waals surface area contributed by atoms with E-state index in [1.54, 1.807) is 32.0 Å². The lowest BCUT2D eigenvalue weighted by atomic mass is 10.2. The van der Waals surface area contributed by atoms with Gasteiger partial charge in [-0.1, -0.05) is 12.1 Å². The van der Waals surface area contributed by atoms with Crippen LogP contribution in [0.5, 0.6) is 0 Å². The van der Waals surface area contributed by atoms with Crippen molar-refractivity contribution < 1.29 is 23.5 Å². The van der Waals surface area contributed by atoms with Gasteiger partial charge in [0.25, 0.3) is 0 Å². The molecule has 0 aliphatic rings. The molecular weight excluding hydrogens is 328 g/mol. The Hall–Kier alpha value is -3.23. The molecule has 0 spiro atoms. The minimum atomic E-state index is -1.32. The molecule has 0 fully saturated rings. The summed E-state index contributed by atoms with van der Waals surface area (Å²) < 4.78 is 15.0. The number of aliphatic imine (C=N–C) groups is 2. The van der Waals surface area contributed by atoms with E-state index in [4.69, 9.17) is 19.6 Å². The first kappa shape index (κ1) is 18.1. The number of ether oxygens (including phenoxy) is 2. The Morgan fingerprint density at radius 3 is 2.48 bits per heavy atom. The molecule has 0 radical (unpaired) electrons. The summed E-state index contributed by atoms with van der Waals surface area (Å²) in [5.74, 6) is -3.11. The lowest BCUT2D eigenvalue weighted by molar-refractivity contribution is -0.157. The van der Waals surface area contributed by atoms with E-state index in [0.29, 0.717) is 11.1 Å². The van der Waals surface area contributed by atoms with Gasteiger partial charge in [-0.2, -0.15) is 9.98 Å². The summed E-state index contributed by atoms with van der Waals surface area (Å²) in [6, 6.07) is 7.11. The van der Waals surface area contributed by atoms with E-state index in [1.807, 2.05) is 6.07 Å². The standard InChI is InChI=1S/C16H18N4O5/c1-3-23-13(21)10(14(22)24-4-2)9-18-15(17)20-16-19-11-7-5-6-8-12(11)25-16/h5-10H,3-4H2,1-2H3,(H2,17,19,20)/b18-9+. The summed E-state index contributed by atoms with van der Waals surface area (Å²) in [6.45, 7) is 3.49. The van der Waals surface area contributed by atoms with Crippen molar-refractivity contribution in [1.29, 1.82) is 0 Å². The highest BCUT2D eigenvalue weighted by Crippen LogP contribution is 2.20. The van der Waals surface area contributed by atoms with Crippen molar-refractivity contribution >= 4 is 41.2 Å². The van der Waals surface area contributed by atoms with Crippen LogP contribution in [-0.2, 0) is 19.1 Å². The average molecular weight is 346 g/mol. The number of esters is 2. The van der Waals surface area contributed by atoms with E-state index >= 15 is 0 Å². The van der Waals surface area contributed by atoms with Gasteiger partial charge in [0.2, 0.25) is 5.96 Å². The van der Waals surface area contributed by atoms with Crippen molar-refractivity contribution in [2.24, 2.45) is 21.6 Å². The fourth-order valence-electron chi connectivity index (χ4n) is 1.87. The van der Waals surface area contributed by atoms with E-state index in [1.165, 1.54) is 0 Å². The predicted octanol–water partition coefficient (Wildman–Crippen LogP) is 1.59. The molecule has 1 aromatic carbocycles. The molecule has 25 heavy (non-hydrogen) atoms. The highest BCUT2D eigenvalue weighted by molar-refractivity contribution is 6.11. The highest BCUT2D eigenvalue weighted by Gasteiger charge is 2.27. The van der Waals surface area contributed by atoms with E-state index in [9.17, 15) is 9.59 Å². The third kappa shape index (κ3) is 4.87. The molecule has 0 aliphatic heterocycles. The zero-order valence-corrected chi connectivity index (χ0v) is 13.8. The second kappa shape index (κ2) is 8.57. The maximum Gasteiger partial charge on any atom is 0.326 e. The number of oxazole rings is 1. The quantitative estimate of drug-likeness (QED) is 0.364. The van der Waals surface area contributed by atoms with Gasteiger partial charge in [0.15, 0.2) is 11.5 Å². The van der Waals surface area contributed by atoms with E-state index in [2.05, 4.69) is 15.0 Å². The van der Waals surface area contributed by atoms with Gasteiger partial charge in [-0.15, -0.1) is 0 Å². The Morgan fingerprint density at radius 2 is 1.88 bits per heavy atom. The molecule has 0 atom stereocenters. The van der Waals surface area contributed by atoms with Gasteiger partial charge in [-0.25, -0.2) is 4.99 Å².